The average molecular weight is 356 g/mol. The topological polar surface area (TPSA) is 57.2 Å². The van der Waals surface area contributed by atoms with E-state index in [1.165, 1.54) is 5.56 Å². The number of nitrogens with one attached hydrogen (secondary N) is 1. The van der Waals surface area contributed by atoms with Crippen LogP contribution in [0.1, 0.15) is 25.3 Å². The quantitative estimate of drug-likeness (QED) is 0.845. The van der Waals surface area contributed by atoms with Crippen molar-refractivity contribution in [1.29, 1.82) is 0 Å². The maximum Gasteiger partial charge on any atom is 0.225 e. The second-order valence-electron chi connectivity index (χ2n) is 6.14. The molecule has 3 rings (SSSR count). The van der Waals surface area contributed by atoms with Crippen molar-refractivity contribution in [3.05, 3.63) is 42.5 Å². The maximum atomic E-state index is 5.55. The summed E-state index contributed by atoms with van der Waals surface area (Å²) in [5.41, 5.74) is 2.12. The molecule has 1 saturated heterocycles. The molecule has 1 N–H and O–H groups in total. The minimum absolute atomic E-state index is 0.745. The molecule has 0 aromatic carbocycles. The van der Waals surface area contributed by atoms with E-state index in [2.05, 4.69) is 37.0 Å². The average Bonchev–Trinajstić information content (AvgIpc) is 2.90. The molecule has 0 unspecified atom stereocenters. The first-order valence-electron chi connectivity index (χ1n) is 8.78. The number of anilines is 2. The van der Waals surface area contributed by atoms with Crippen LogP contribution in [0.2, 0.25) is 0 Å². The van der Waals surface area contributed by atoms with Gasteiger partial charge in [0, 0.05) is 44.8 Å². The van der Waals surface area contributed by atoms with Gasteiger partial charge < -0.3 is 15.1 Å². The summed E-state index contributed by atoms with van der Waals surface area (Å²) >= 11 is 5.55. The highest BCUT2D eigenvalue weighted by Gasteiger charge is 2.18. The third kappa shape index (κ3) is 4.85. The highest BCUT2D eigenvalue weighted by Crippen LogP contribution is 2.13. The lowest BCUT2D eigenvalue weighted by Crippen LogP contribution is -2.38. The van der Waals surface area contributed by atoms with Crippen molar-refractivity contribution in [2.24, 2.45) is 0 Å². The van der Waals surface area contributed by atoms with Crippen molar-refractivity contribution >= 4 is 29.0 Å². The summed E-state index contributed by atoms with van der Waals surface area (Å²) in [5.74, 6) is 0.813. The Bertz CT molecular complexity index is 676. The molecule has 6 nitrogen and oxygen atoms in total. The summed E-state index contributed by atoms with van der Waals surface area (Å²) in [6.07, 6.45) is 10.6. The molecule has 0 amide bonds. The zero-order chi connectivity index (χ0) is 17.5. The van der Waals surface area contributed by atoms with E-state index < -0.39 is 0 Å². The van der Waals surface area contributed by atoms with Crippen LogP contribution in [0.15, 0.2) is 36.9 Å². The fourth-order valence-electron chi connectivity index (χ4n) is 2.89. The molecule has 0 bridgehead atoms. The van der Waals surface area contributed by atoms with E-state index in [1.807, 2.05) is 24.5 Å². The van der Waals surface area contributed by atoms with E-state index in [0.29, 0.717) is 0 Å². The smallest absolute Gasteiger partial charge is 0.225 e. The van der Waals surface area contributed by atoms with Gasteiger partial charge in [-0.1, -0.05) is 13.3 Å². The maximum absolute atomic E-state index is 5.55. The zero-order valence-electron chi connectivity index (χ0n) is 14.6. The number of pyridine rings is 1. The van der Waals surface area contributed by atoms with Crippen LogP contribution < -0.4 is 10.2 Å². The predicted octanol–water partition coefficient (Wildman–Crippen LogP) is 2.73. The summed E-state index contributed by atoms with van der Waals surface area (Å²) < 4.78 is 0. The molecule has 2 aromatic rings. The van der Waals surface area contributed by atoms with E-state index in [0.717, 1.165) is 62.2 Å². The van der Waals surface area contributed by atoms with Gasteiger partial charge in [0.05, 0.1) is 11.9 Å². The van der Waals surface area contributed by atoms with Crippen LogP contribution >= 0.6 is 12.2 Å². The van der Waals surface area contributed by atoms with Gasteiger partial charge in [-0.25, -0.2) is 9.97 Å². The first kappa shape index (κ1) is 17.5. The lowest BCUT2D eigenvalue weighted by atomic mass is 10.2. The number of rotatable bonds is 4. The Kier molecular flexibility index (Phi) is 6.11. The monoisotopic (exact) mass is 356 g/mol. The van der Waals surface area contributed by atoms with Crippen molar-refractivity contribution in [2.45, 2.75) is 26.2 Å². The Hall–Kier alpha value is -2.28. The summed E-state index contributed by atoms with van der Waals surface area (Å²) in [7, 11) is 0. The Morgan fingerprint density at radius 3 is 2.72 bits per heavy atom. The van der Waals surface area contributed by atoms with Gasteiger partial charge in [0.15, 0.2) is 5.11 Å². The molecular weight excluding hydrogens is 332 g/mol. The van der Waals surface area contributed by atoms with Crippen LogP contribution in [0.25, 0.3) is 0 Å². The van der Waals surface area contributed by atoms with Crippen LogP contribution in [0.3, 0.4) is 0 Å². The number of hydrogen-bond donors (Lipinski definition) is 1. The molecule has 0 spiro atoms. The molecule has 1 fully saturated rings. The van der Waals surface area contributed by atoms with Gasteiger partial charge in [-0.3, -0.25) is 4.98 Å². The Morgan fingerprint density at radius 2 is 2.00 bits per heavy atom. The largest absolute Gasteiger partial charge is 0.347 e. The Labute approximate surface area is 154 Å². The van der Waals surface area contributed by atoms with Crippen molar-refractivity contribution in [3.8, 4) is 0 Å². The summed E-state index contributed by atoms with van der Waals surface area (Å²) in [6, 6.07) is 3.86. The molecule has 0 saturated carbocycles. The molecule has 1 aliphatic heterocycles. The third-order valence-electron chi connectivity index (χ3n) is 4.21. The van der Waals surface area contributed by atoms with Crippen LogP contribution in [0.4, 0.5) is 11.6 Å². The number of thiocarbonyl (C=S) groups is 1. The van der Waals surface area contributed by atoms with Gasteiger partial charge in [-0.2, -0.15) is 0 Å². The number of hydrogen-bond acceptors (Lipinski definition) is 5. The fourth-order valence-corrected chi connectivity index (χ4v) is 3.19. The van der Waals surface area contributed by atoms with E-state index >= 15 is 0 Å². The minimum Gasteiger partial charge on any atom is -0.347 e. The van der Waals surface area contributed by atoms with Crippen molar-refractivity contribution in [2.75, 3.05) is 36.4 Å². The molecule has 2 aromatic heterocycles. The molecule has 0 atom stereocenters. The fraction of sp³-hybridized carbons (Fsp3) is 0.444. The van der Waals surface area contributed by atoms with Crippen LogP contribution in [0, 0.1) is 0 Å². The van der Waals surface area contributed by atoms with Gasteiger partial charge >= 0.3 is 0 Å². The number of aromatic nitrogens is 3. The Morgan fingerprint density at radius 1 is 1.16 bits per heavy atom. The van der Waals surface area contributed by atoms with E-state index in [9.17, 15) is 0 Å². The van der Waals surface area contributed by atoms with Crippen LogP contribution in [0.5, 0.6) is 0 Å². The number of aryl methyl sites for hydroxylation is 1. The summed E-state index contributed by atoms with van der Waals surface area (Å²) in [4.78, 5) is 17.6. The number of nitrogens with zero attached hydrogens (tertiary/aromatic N) is 5. The SMILES string of the molecule is CCCc1cnc(N2CCCN(C(=S)Nc3cccnc3)CC2)nc1. The van der Waals surface area contributed by atoms with Gasteiger partial charge in [-0.15, -0.1) is 0 Å². The lowest BCUT2D eigenvalue weighted by molar-refractivity contribution is 0.454. The molecule has 7 heteroatoms. The van der Waals surface area contributed by atoms with Crippen molar-refractivity contribution < 1.29 is 0 Å². The van der Waals surface area contributed by atoms with E-state index in [1.54, 1.807) is 12.4 Å². The van der Waals surface area contributed by atoms with Crippen LogP contribution in [-0.2, 0) is 6.42 Å². The minimum atomic E-state index is 0.745. The van der Waals surface area contributed by atoms with Gasteiger partial charge in [-0.05, 0) is 42.8 Å². The van der Waals surface area contributed by atoms with E-state index in [-0.39, 0.29) is 0 Å². The highest BCUT2D eigenvalue weighted by molar-refractivity contribution is 7.80. The molecule has 25 heavy (non-hydrogen) atoms. The second-order valence-corrected chi connectivity index (χ2v) is 6.53. The van der Waals surface area contributed by atoms with Gasteiger partial charge in [0.25, 0.3) is 0 Å². The summed E-state index contributed by atoms with van der Waals surface area (Å²) in [6.45, 7) is 5.75. The lowest BCUT2D eigenvalue weighted by Gasteiger charge is -2.24. The molecule has 132 valence electrons. The molecule has 0 aliphatic carbocycles. The van der Waals surface area contributed by atoms with Crippen molar-refractivity contribution in [3.63, 3.8) is 0 Å². The normalized spacial score (nSPS) is 14.9. The second kappa shape index (κ2) is 8.71. The molecule has 1 aliphatic rings. The van der Waals surface area contributed by atoms with Gasteiger partial charge in [0.1, 0.15) is 0 Å². The third-order valence-corrected chi connectivity index (χ3v) is 4.57. The first-order valence-corrected chi connectivity index (χ1v) is 9.19. The first-order chi connectivity index (χ1) is 12.3. The zero-order valence-corrected chi connectivity index (χ0v) is 15.4. The Balaban J connectivity index is 1.57. The molecular formula is C18H24N6S. The summed E-state index contributed by atoms with van der Waals surface area (Å²) in [5, 5.41) is 4.01. The van der Waals surface area contributed by atoms with Gasteiger partial charge in [0.2, 0.25) is 5.95 Å². The predicted molar refractivity (Wildman–Crippen MR) is 105 cm³/mol. The van der Waals surface area contributed by atoms with Crippen molar-refractivity contribution in [1.82, 2.24) is 19.9 Å². The van der Waals surface area contributed by atoms with Crippen LogP contribution in [-0.4, -0.2) is 51.1 Å². The highest BCUT2D eigenvalue weighted by atomic mass is 32.1. The molecule has 3 heterocycles. The van der Waals surface area contributed by atoms with E-state index in [4.69, 9.17) is 12.2 Å². The molecule has 0 radical (unpaired) electrons. The standard InChI is InChI=1S/C18H24N6S/c1-2-5-15-12-20-17(21-13-15)23-8-4-9-24(11-10-23)18(25)22-16-6-3-7-19-14-16/h3,6-7,12-14H,2,4-5,8-11H2,1H3,(H,22,25).